The Morgan fingerprint density at radius 1 is 1.42 bits per heavy atom. The zero-order chi connectivity index (χ0) is 19.1. The molecule has 0 aromatic heterocycles. The summed E-state index contributed by atoms with van der Waals surface area (Å²) in [6, 6.07) is 5.34. The summed E-state index contributed by atoms with van der Waals surface area (Å²) >= 11 is 3.42. The third kappa shape index (κ3) is 3.92. The van der Waals surface area contributed by atoms with Crippen molar-refractivity contribution in [2.24, 2.45) is 5.92 Å². The topological polar surface area (TPSA) is 63.6 Å². The fourth-order valence-corrected chi connectivity index (χ4v) is 6.27. The summed E-state index contributed by atoms with van der Waals surface area (Å²) in [6.45, 7) is 6.41. The molecule has 0 aliphatic carbocycles. The van der Waals surface area contributed by atoms with Crippen LogP contribution >= 0.6 is 15.9 Å². The van der Waals surface area contributed by atoms with Crippen molar-refractivity contribution in [3.8, 4) is 5.75 Å². The predicted octanol–water partition coefficient (Wildman–Crippen LogP) is 4.49. The van der Waals surface area contributed by atoms with Crippen molar-refractivity contribution in [2.75, 3.05) is 12.4 Å². The number of hydrogen-bond acceptors (Lipinski definition) is 4. The second-order valence-corrected chi connectivity index (χ2v) is 10.6. The lowest BCUT2D eigenvalue weighted by atomic mass is 9.92. The SMILES string of the molecule is C/C(=C\c1cc(Br)ccc1O)CC[C@H]1OC[C@H]2C1=C(C(C)C)CS2(=O)=O. The molecule has 2 aliphatic rings. The van der Waals surface area contributed by atoms with Crippen LogP contribution in [0.3, 0.4) is 0 Å². The zero-order valence-corrected chi connectivity index (χ0v) is 17.7. The van der Waals surface area contributed by atoms with Crippen molar-refractivity contribution in [3.05, 3.63) is 45.0 Å². The molecule has 2 atom stereocenters. The number of allylic oxidation sites excluding steroid dienone is 1. The molecule has 0 unspecified atom stereocenters. The molecule has 1 N–H and O–H groups in total. The lowest BCUT2D eigenvalue weighted by Gasteiger charge is -2.16. The first kappa shape index (κ1) is 19.6. The van der Waals surface area contributed by atoms with Gasteiger partial charge in [-0.15, -0.1) is 0 Å². The average molecular weight is 441 g/mol. The Kier molecular flexibility index (Phi) is 5.66. The van der Waals surface area contributed by atoms with Gasteiger partial charge in [0.25, 0.3) is 0 Å². The molecule has 142 valence electrons. The maximum absolute atomic E-state index is 12.4. The number of hydrogen-bond donors (Lipinski definition) is 1. The highest BCUT2D eigenvalue weighted by atomic mass is 79.9. The van der Waals surface area contributed by atoms with E-state index in [1.807, 2.05) is 19.1 Å². The number of sulfone groups is 1. The van der Waals surface area contributed by atoms with Gasteiger partial charge >= 0.3 is 0 Å². The Hall–Kier alpha value is -1.11. The van der Waals surface area contributed by atoms with Crippen LogP contribution in [-0.4, -0.2) is 37.2 Å². The number of phenolic OH excluding ortho intramolecular Hbond substituents is 1. The molecular weight excluding hydrogens is 416 g/mol. The average Bonchev–Trinajstić information content (AvgIpc) is 3.09. The molecule has 2 aliphatic heterocycles. The molecule has 1 fully saturated rings. The van der Waals surface area contributed by atoms with Crippen LogP contribution in [0, 0.1) is 5.92 Å². The van der Waals surface area contributed by atoms with Gasteiger partial charge in [-0.2, -0.15) is 0 Å². The highest BCUT2D eigenvalue weighted by molar-refractivity contribution is 9.10. The van der Waals surface area contributed by atoms with Crippen molar-refractivity contribution in [2.45, 2.75) is 45.0 Å². The quantitative estimate of drug-likeness (QED) is 0.685. The summed E-state index contributed by atoms with van der Waals surface area (Å²) in [5.41, 5.74) is 3.95. The Morgan fingerprint density at radius 2 is 2.15 bits per heavy atom. The van der Waals surface area contributed by atoms with Crippen molar-refractivity contribution in [1.29, 1.82) is 0 Å². The first-order valence-electron chi connectivity index (χ1n) is 8.90. The summed E-state index contributed by atoms with van der Waals surface area (Å²) in [6.07, 6.45) is 3.40. The minimum atomic E-state index is -3.10. The molecule has 1 aromatic rings. The van der Waals surface area contributed by atoms with Gasteiger partial charge in [0.15, 0.2) is 9.84 Å². The lowest BCUT2D eigenvalue weighted by molar-refractivity contribution is 0.117. The largest absolute Gasteiger partial charge is 0.507 e. The van der Waals surface area contributed by atoms with E-state index < -0.39 is 15.1 Å². The van der Waals surface area contributed by atoms with Crippen LogP contribution < -0.4 is 0 Å². The van der Waals surface area contributed by atoms with Gasteiger partial charge < -0.3 is 9.84 Å². The van der Waals surface area contributed by atoms with E-state index in [9.17, 15) is 13.5 Å². The number of rotatable bonds is 5. The third-order valence-corrected chi connectivity index (χ3v) is 7.66. The molecule has 1 saturated heterocycles. The highest BCUT2D eigenvalue weighted by Gasteiger charge is 2.47. The number of aromatic hydroxyl groups is 1. The van der Waals surface area contributed by atoms with Crippen LogP contribution in [-0.2, 0) is 14.6 Å². The smallest absolute Gasteiger partial charge is 0.163 e. The molecule has 0 saturated carbocycles. The van der Waals surface area contributed by atoms with Crippen molar-refractivity contribution in [1.82, 2.24) is 0 Å². The van der Waals surface area contributed by atoms with Gasteiger partial charge in [0.1, 0.15) is 11.0 Å². The van der Waals surface area contributed by atoms with E-state index in [1.54, 1.807) is 12.1 Å². The monoisotopic (exact) mass is 440 g/mol. The van der Waals surface area contributed by atoms with Crippen LogP contribution in [0.5, 0.6) is 5.75 Å². The number of ether oxygens (including phenoxy) is 1. The molecule has 2 heterocycles. The van der Waals surface area contributed by atoms with Crippen LogP contribution in [0.2, 0.25) is 0 Å². The fourth-order valence-electron chi connectivity index (χ4n) is 3.78. The normalized spacial score (nSPS) is 25.2. The summed E-state index contributed by atoms with van der Waals surface area (Å²) in [5.74, 6) is 0.659. The molecule has 6 heteroatoms. The summed E-state index contributed by atoms with van der Waals surface area (Å²) < 4.78 is 31.5. The maximum Gasteiger partial charge on any atom is 0.163 e. The summed E-state index contributed by atoms with van der Waals surface area (Å²) in [5, 5.41) is 9.53. The standard InChI is InChI=1S/C20H25BrO4S/c1-12(2)16-11-26(23,24)19-10-25-18(20(16)19)7-4-13(3)8-14-9-15(21)5-6-17(14)22/h5-6,8-9,12,18-19,22H,4,7,10-11H2,1-3H3/b13-8+/t18-,19+/m1/s1. The van der Waals surface area contributed by atoms with Crippen LogP contribution in [0.4, 0.5) is 0 Å². The Balaban J connectivity index is 1.75. The minimum absolute atomic E-state index is 0.117. The Labute approximate surface area is 164 Å². The molecular formula is C20H25BrO4S. The molecule has 0 spiro atoms. The predicted molar refractivity (Wildman–Crippen MR) is 108 cm³/mol. The Morgan fingerprint density at radius 3 is 2.85 bits per heavy atom. The number of benzene rings is 1. The first-order valence-corrected chi connectivity index (χ1v) is 11.4. The van der Waals surface area contributed by atoms with E-state index in [1.165, 1.54) is 0 Å². The van der Waals surface area contributed by atoms with E-state index in [4.69, 9.17) is 4.74 Å². The van der Waals surface area contributed by atoms with Crippen molar-refractivity contribution >= 4 is 31.8 Å². The molecule has 1 aromatic carbocycles. The highest BCUT2D eigenvalue weighted by Crippen LogP contribution is 2.41. The minimum Gasteiger partial charge on any atom is -0.507 e. The van der Waals surface area contributed by atoms with Crippen LogP contribution in [0.1, 0.15) is 39.2 Å². The van der Waals surface area contributed by atoms with E-state index >= 15 is 0 Å². The van der Waals surface area contributed by atoms with Gasteiger partial charge in [0.2, 0.25) is 0 Å². The second-order valence-electron chi connectivity index (χ2n) is 7.49. The van der Waals surface area contributed by atoms with E-state index in [2.05, 4.69) is 29.8 Å². The summed E-state index contributed by atoms with van der Waals surface area (Å²) in [4.78, 5) is 0. The maximum atomic E-state index is 12.4. The molecule has 26 heavy (non-hydrogen) atoms. The molecule has 0 amide bonds. The first-order chi connectivity index (χ1) is 12.2. The second kappa shape index (κ2) is 7.49. The number of fused-ring (bicyclic) bond motifs is 1. The van der Waals surface area contributed by atoms with Gasteiger partial charge in [0.05, 0.1) is 18.5 Å². The van der Waals surface area contributed by atoms with Gasteiger partial charge in [-0.1, -0.05) is 41.4 Å². The number of halogens is 1. The summed E-state index contributed by atoms with van der Waals surface area (Å²) in [7, 11) is -3.10. The Bertz CT molecular complexity index is 868. The molecule has 0 bridgehead atoms. The third-order valence-electron chi connectivity index (χ3n) is 5.19. The molecule has 4 nitrogen and oxygen atoms in total. The van der Waals surface area contributed by atoms with Gasteiger partial charge in [-0.25, -0.2) is 8.42 Å². The molecule has 3 rings (SSSR count). The number of phenols is 1. The molecule has 0 radical (unpaired) electrons. The van der Waals surface area contributed by atoms with Gasteiger partial charge in [-0.3, -0.25) is 0 Å². The zero-order valence-electron chi connectivity index (χ0n) is 15.3. The van der Waals surface area contributed by atoms with Crippen LogP contribution in [0.25, 0.3) is 6.08 Å². The lowest BCUT2D eigenvalue weighted by Crippen LogP contribution is -2.19. The van der Waals surface area contributed by atoms with E-state index in [-0.39, 0.29) is 30.1 Å². The van der Waals surface area contributed by atoms with Crippen LogP contribution in [0.15, 0.2) is 39.4 Å². The van der Waals surface area contributed by atoms with Crippen molar-refractivity contribution in [3.63, 3.8) is 0 Å². The van der Waals surface area contributed by atoms with E-state index in [0.29, 0.717) is 0 Å². The van der Waals surface area contributed by atoms with Gasteiger partial charge in [0, 0.05) is 10.0 Å². The fraction of sp³-hybridized carbons (Fsp3) is 0.500. The van der Waals surface area contributed by atoms with E-state index in [0.717, 1.165) is 39.6 Å². The van der Waals surface area contributed by atoms with Crippen molar-refractivity contribution < 1.29 is 18.3 Å². The van der Waals surface area contributed by atoms with Gasteiger partial charge in [-0.05, 0) is 55.0 Å².